The van der Waals surface area contributed by atoms with E-state index < -0.39 is 16.0 Å². The van der Waals surface area contributed by atoms with Crippen LogP contribution in [0.4, 0.5) is 0 Å². The van der Waals surface area contributed by atoms with Crippen molar-refractivity contribution < 1.29 is 37.0 Å². The molecule has 0 aliphatic rings. The molecule has 0 unspecified atom stereocenters. The first-order chi connectivity index (χ1) is 18.2. The first kappa shape index (κ1) is 26.4. The van der Waals surface area contributed by atoms with E-state index >= 15 is 0 Å². The maximum Gasteiger partial charge on any atom is 0.364 e. The molecule has 2 N–H and O–H groups in total. The monoisotopic (exact) mass is 537 g/mol. The highest BCUT2D eigenvalue weighted by atomic mass is 32.2. The van der Waals surface area contributed by atoms with Crippen LogP contribution in [0.15, 0.2) is 71.6 Å². The van der Waals surface area contributed by atoms with E-state index in [1.165, 1.54) is 74.5 Å². The number of nitrogens with zero attached hydrogens (tertiary/aromatic N) is 2. The standard InChI is InChI=1S/C26H23N3O8S/c1-34-22-11-5-17(13-25(22)36-3)21-14-20(26(31)37-23-10-4-16(15-30)12-24(23)35-2)28-29(21)18-6-8-19(9-7-18)38(27,32)33/h4-15H,1-3H3,(H2,27,32,33). The minimum Gasteiger partial charge on any atom is -0.493 e. The lowest BCUT2D eigenvalue weighted by atomic mass is 10.1. The Morgan fingerprint density at radius 2 is 1.47 bits per heavy atom. The molecule has 4 rings (SSSR count). The number of nitrogens with two attached hydrogens (primary N) is 1. The zero-order valence-corrected chi connectivity index (χ0v) is 21.4. The quantitative estimate of drug-likeness (QED) is 0.193. The van der Waals surface area contributed by atoms with Crippen molar-refractivity contribution in [2.45, 2.75) is 4.90 Å². The number of primary sulfonamides is 1. The minimum atomic E-state index is -3.90. The Morgan fingerprint density at radius 3 is 2.08 bits per heavy atom. The van der Waals surface area contributed by atoms with Crippen LogP contribution in [0.3, 0.4) is 0 Å². The molecule has 196 valence electrons. The predicted molar refractivity (Wildman–Crippen MR) is 137 cm³/mol. The van der Waals surface area contributed by atoms with Crippen molar-refractivity contribution in [2.75, 3.05) is 21.3 Å². The summed E-state index contributed by atoms with van der Waals surface area (Å²) < 4.78 is 46.3. The normalized spacial score (nSPS) is 11.1. The van der Waals surface area contributed by atoms with Crippen LogP contribution < -0.4 is 24.1 Å². The number of aromatic nitrogens is 2. The zero-order valence-electron chi connectivity index (χ0n) is 20.6. The molecule has 3 aromatic carbocycles. The van der Waals surface area contributed by atoms with Crippen LogP contribution in [0.25, 0.3) is 16.9 Å². The van der Waals surface area contributed by atoms with Crippen LogP contribution in [0.5, 0.6) is 23.0 Å². The molecule has 0 atom stereocenters. The van der Waals surface area contributed by atoms with Crippen LogP contribution in [0.1, 0.15) is 20.8 Å². The van der Waals surface area contributed by atoms with Crippen molar-refractivity contribution in [1.82, 2.24) is 9.78 Å². The van der Waals surface area contributed by atoms with E-state index in [1.807, 2.05) is 0 Å². The van der Waals surface area contributed by atoms with Crippen molar-refractivity contribution in [2.24, 2.45) is 5.14 Å². The smallest absolute Gasteiger partial charge is 0.364 e. The molecule has 0 aliphatic heterocycles. The van der Waals surface area contributed by atoms with E-state index in [-0.39, 0.29) is 22.1 Å². The fourth-order valence-electron chi connectivity index (χ4n) is 3.65. The van der Waals surface area contributed by atoms with Crippen molar-refractivity contribution in [1.29, 1.82) is 0 Å². The number of aldehydes is 1. The molecule has 4 aromatic rings. The van der Waals surface area contributed by atoms with Gasteiger partial charge in [-0.3, -0.25) is 4.79 Å². The van der Waals surface area contributed by atoms with Gasteiger partial charge in [0.2, 0.25) is 10.0 Å². The number of benzene rings is 3. The number of esters is 1. The lowest BCUT2D eigenvalue weighted by Crippen LogP contribution is -2.12. The number of carbonyl (C=O) groups is 2. The number of rotatable bonds is 9. The SMILES string of the molecule is COc1ccc(-c2cc(C(=O)Oc3ccc(C=O)cc3OC)nn2-c2ccc(S(N)(=O)=O)cc2)cc1OC. The van der Waals surface area contributed by atoms with Crippen LogP contribution in [-0.4, -0.2) is 51.8 Å². The second kappa shape index (κ2) is 10.7. The van der Waals surface area contributed by atoms with Gasteiger partial charge in [0.15, 0.2) is 28.7 Å². The molecule has 1 heterocycles. The highest BCUT2D eigenvalue weighted by molar-refractivity contribution is 7.89. The molecule has 0 amide bonds. The Morgan fingerprint density at radius 1 is 0.842 bits per heavy atom. The second-order valence-corrected chi connectivity index (χ2v) is 9.41. The van der Waals surface area contributed by atoms with Gasteiger partial charge in [-0.1, -0.05) is 0 Å². The maximum absolute atomic E-state index is 13.1. The van der Waals surface area contributed by atoms with E-state index in [0.717, 1.165) is 0 Å². The summed E-state index contributed by atoms with van der Waals surface area (Å²) in [7, 11) is 0.492. The van der Waals surface area contributed by atoms with Crippen molar-refractivity contribution in [3.8, 4) is 39.9 Å². The number of sulfonamides is 1. The highest BCUT2D eigenvalue weighted by Gasteiger charge is 2.21. The molecule has 11 nitrogen and oxygen atoms in total. The summed E-state index contributed by atoms with van der Waals surface area (Å²) in [5, 5.41) is 9.64. The Kier molecular flexibility index (Phi) is 7.46. The average Bonchev–Trinajstić information content (AvgIpc) is 3.38. The molecule has 0 radical (unpaired) electrons. The molecule has 1 aromatic heterocycles. The third-order valence-corrected chi connectivity index (χ3v) is 6.46. The van der Waals surface area contributed by atoms with Crippen LogP contribution in [-0.2, 0) is 10.0 Å². The number of carbonyl (C=O) groups excluding carboxylic acids is 2. The van der Waals surface area contributed by atoms with Gasteiger partial charge in [0, 0.05) is 11.1 Å². The lowest BCUT2D eigenvalue weighted by Gasteiger charge is -2.11. The molecule has 38 heavy (non-hydrogen) atoms. The lowest BCUT2D eigenvalue weighted by molar-refractivity contribution is 0.0723. The molecular weight excluding hydrogens is 514 g/mol. The summed E-state index contributed by atoms with van der Waals surface area (Å²) in [5.41, 5.74) is 1.85. The van der Waals surface area contributed by atoms with E-state index in [4.69, 9.17) is 24.1 Å². The van der Waals surface area contributed by atoms with Crippen LogP contribution >= 0.6 is 0 Å². The summed E-state index contributed by atoms with van der Waals surface area (Å²) in [6.07, 6.45) is 0.645. The van der Waals surface area contributed by atoms with Gasteiger partial charge in [-0.25, -0.2) is 23.0 Å². The van der Waals surface area contributed by atoms with Gasteiger partial charge in [-0.2, -0.15) is 5.10 Å². The number of hydrogen-bond acceptors (Lipinski definition) is 9. The number of methoxy groups -OCH3 is 3. The van der Waals surface area contributed by atoms with Crippen molar-refractivity contribution in [3.05, 3.63) is 78.0 Å². The minimum absolute atomic E-state index is 0.0492. The second-order valence-electron chi connectivity index (χ2n) is 7.85. The van der Waals surface area contributed by atoms with Gasteiger partial charge in [-0.05, 0) is 66.7 Å². The highest BCUT2D eigenvalue weighted by Crippen LogP contribution is 2.34. The van der Waals surface area contributed by atoms with E-state index in [9.17, 15) is 18.0 Å². The molecule has 0 saturated carbocycles. The largest absolute Gasteiger partial charge is 0.493 e. The van der Waals surface area contributed by atoms with E-state index in [0.29, 0.717) is 40.3 Å². The van der Waals surface area contributed by atoms with Gasteiger partial charge in [0.1, 0.15) is 6.29 Å². The topological polar surface area (TPSA) is 149 Å². The van der Waals surface area contributed by atoms with Crippen molar-refractivity contribution >= 4 is 22.3 Å². The zero-order chi connectivity index (χ0) is 27.4. The molecular formula is C26H23N3O8S. The fourth-order valence-corrected chi connectivity index (χ4v) is 4.17. The molecule has 12 heteroatoms. The third-order valence-electron chi connectivity index (χ3n) is 5.53. The summed E-state index contributed by atoms with van der Waals surface area (Å²) in [4.78, 5) is 24.1. The average molecular weight is 538 g/mol. The Bertz CT molecular complexity index is 1610. The molecule has 0 aliphatic carbocycles. The summed E-state index contributed by atoms with van der Waals surface area (Å²) in [6.45, 7) is 0. The van der Waals surface area contributed by atoms with Gasteiger partial charge in [0.25, 0.3) is 0 Å². The summed E-state index contributed by atoms with van der Waals surface area (Å²) in [6, 6.07) is 16.7. The maximum atomic E-state index is 13.1. The first-order valence-corrected chi connectivity index (χ1v) is 12.5. The molecule has 0 fully saturated rings. The molecule has 0 bridgehead atoms. The third kappa shape index (κ3) is 5.36. The Hall–Kier alpha value is -4.68. The van der Waals surface area contributed by atoms with Crippen molar-refractivity contribution in [3.63, 3.8) is 0 Å². The number of hydrogen-bond donors (Lipinski definition) is 1. The van der Waals surface area contributed by atoms with Gasteiger partial charge >= 0.3 is 5.97 Å². The van der Waals surface area contributed by atoms with Crippen LogP contribution in [0.2, 0.25) is 0 Å². The summed E-state index contributed by atoms with van der Waals surface area (Å²) in [5.74, 6) is 0.462. The van der Waals surface area contributed by atoms with E-state index in [2.05, 4.69) is 5.10 Å². The first-order valence-electron chi connectivity index (χ1n) is 11.0. The van der Waals surface area contributed by atoms with Crippen LogP contribution in [0, 0.1) is 0 Å². The van der Waals surface area contributed by atoms with Gasteiger partial charge in [-0.15, -0.1) is 0 Å². The number of ether oxygens (including phenoxy) is 4. The van der Waals surface area contributed by atoms with E-state index in [1.54, 1.807) is 18.2 Å². The molecule has 0 spiro atoms. The predicted octanol–water partition coefficient (Wildman–Crippen LogP) is 3.24. The Labute approximate surface area is 218 Å². The molecule has 0 saturated heterocycles. The fraction of sp³-hybridized carbons (Fsp3) is 0.115. The Balaban J connectivity index is 1.80. The van der Waals surface area contributed by atoms with Gasteiger partial charge in [0.05, 0.1) is 37.6 Å². The van der Waals surface area contributed by atoms with Gasteiger partial charge < -0.3 is 18.9 Å². The summed E-state index contributed by atoms with van der Waals surface area (Å²) >= 11 is 0.